The predicted octanol–water partition coefficient (Wildman–Crippen LogP) is 2.51. The lowest BCUT2D eigenvalue weighted by molar-refractivity contribution is 0.0523. The van der Waals surface area contributed by atoms with Gasteiger partial charge >= 0.3 is 6.09 Å². The molecule has 0 bridgehead atoms. The highest BCUT2D eigenvalue weighted by Gasteiger charge is 2.15. The first-order valence-corrected chi connectivity index (χ1v) is 6.76. The first kappa shape index (κ1) is 15.0. The van der Waals surface area contributed by atoms with E-state index >= 15 is 0 Å². The quantitative estimate of drug-likeness (QED) is 0.942. The van der Waals surface area contributed by atoms with E-state index in [0.29, 0.717) is 6.54 Å². The van der Waals surface area contributed by atoms with E-state index in [1.54, 1.807) is 10.9 Å². The number of hydrogen-bond donors (Lipinski definition) is 1. The number of hydrogen-bond acceptors (Lipinski definition) is 4. The highest BCUT2D eigenvalue weighted by atomic mass is 16.6. The van der Waals surface area contributed by atoms with Gasteiger partial charge in [-0.1, -0.05) is 6.07 Å². The standard InChI is InChI=1S/C15H20N4O2/c1-15(2,3)21-14(20)16-10-11-6-5-7-12(18-11)13-8-9-17-19(13)4/h5-9H,10H2,1-4H3,(H,16,20). The summed E-state index contributed by atoms with van der Waals surface area (Å²) < 4.78 is 6.95. The Balaban J connectivity index is 2.02. The summed E-state index contributed by atoms with van der Waals surface area (Å²) in [5.74, 6) is 0. The Hall–Kier alpha value is -2.37. The van der Waals surface area contributed by atoms with E-state index in [0.717, 1.165) is 17.1 Å². The Kier molecular flexibility index (Phi) is 4.26. The monoisotopic (exact) mass is 288 g/mol. The maximum Gasteiger partial charge on any atom is 0.407 e. The van der Waals surface area contributed by atoms with E-state index < -0.39 is 11.7 Å². The van der Waals surface area contributed by atoms with Crippen LogP contribution in [0.1, 0.15) is 26.5 Å². The van der Waals surface area contributed by atoms with Crippen LogP contribution in [0.3, 0.4) is 0 Å². The van der Waals surface area contributed by atoms with Crippen LogP contribution in [-0.2, 0) is 18.3 Å². The van der Waals surface area contributed by atoms with Crippen molar-refractivity contribution in [2.24, 2.45) is 7.05 Å². The molecule has 112 valence electrons. The molecule has 6 heteroatoms. The molecule has 1 amide bonds. The molecule has 2 aromatic rings. The SMILES string of the molecule is Cn1nccc1-c1cccc(CNC(=O)OC(C)(C)C)n1. The molecule has 2 aromatic heterocycles. The summed E-state index contributed by atoms with van der Waals surface area (Å²) in [5.41, 5.74) is 2.00. The molecular weight excluding hydrogens is 268 g/mol. The molecule has 21 heavy (non-hydrogen) atoms. The molecule has 0 aliphatic rings. The number of aryl methyl sites for hydroxylation is 1. The van der Waals surface area contributed by atoms with Gasteiger partial charge in [0, 0.05) is 13.2 Å². The molecule has 0 fully saturated rings. The Morgan fingerprint density at radius 1 is 1.33 bits per heavy atom. The van der Waals surface area contributed by atoms with Gasteiger partial charge in [-0.05, 0) is 39.0 Å². The van der Waals surface area contributed by atoms with Crippen molar-refractivity contribution >= 4 is 6.09 Å². The van der Waals surface area contributed by atoms with Crippen molar-refractivity contribution < 1.29 is 9.53 Å². The molecule has 2 heterocycles. The number of aromatic nitrogens is 3. The minimum atomic E-state index is -0.506. The summed E-state index contributed by atoms with van der Waals surface area (Å²) in [7, 11) is 1.86. The van der Waals surface area contributed by atoms with Crippen LogP contribution < -0.4 is 5.32 Å². The zero-order valence-electron chi connectivity index (χ0n) is 12.8. The van der Waals surface area contributed by atoms with Gasteiger partial charge in [0.2, 0.25) is 0 Å². The lowest BCUT2D eigenvalue weighted by atomic mass is 10.2. The fourth-order valence-electron chi connectivity index (χ4n) is 1.82. The summed E-state index contributed by atoms with van der Waals surface area (Å²) in [5, 5.41) is 6.82. The largest absolute Gasteiger partial charge is 0.444 e. The third-order valence-corrected chi connectivity index (χ3v) is 2.70. The van der Waals surface area contributed by atoms with Crippen LogP contribution >= 0.6 is 0 Å². The van der Waals surface area contributed by atoms with E-state index in [1.165, 1.54) is 0 Å². The number of amides is 1. The van der Waals surface area contributed by atoms with Gasteiger partial charge in [0.15, 0.2) is 0 Å². The van der Waals surface area contributed by atoms with Crippen LogP contribution in [0.15, 0.2) is 30.5 Å². The molecule has 0 aliphatic heterocycles. The smallest absolute Gasteiger partial charge is 0.407 e. The highest BCUT2D eigenvalue weighted by molar-refractivity contribution is 5.67. The van der Waals surface area contributed by atoms with Crippen molar-refractivity contribution in [3.05, 3.63) is 36.2 Å². The lowest BCUT2D eigenvalue weighted by Gasteiger charge is -2.19. The molecule has 0 saturated carbocycles. The summed E-state index contributed by atoms with van der Waals surface area (Å²) in [6.45, 7) is 5.80. The normalized spacial score (nSPS) is 11.2. The Morgan fingerprint density at radius 3 is 2.71 bits per heavy atom. The van der Waals surface area contributed by atoms with Crippen LogP contribution in [0.4, 0.5) is 4.79 Å². The molecule has 0 aliphatic carbocycles. The van der Waals surface area contributed by atoms with Gasteiger partial charge in [-0.15, -0.1) is 0 Å². The van der Waals surface area contributed by atoms with Crippen molar-refractivity contribution in [2.45, 2.75) is 32.9 Å². The molecule has 0 aromatic carbocycles. The first-order chi connectivity index (χ1) is 9.85. The topological polar surface area (TPSA) is 69.0 Å². The molecule has 6 nitrogen and oxygen atoms in total. The van der Waals surface area contributed by atoms with Gasteiger partial charge in [0.1, 0.15) is 5.60 Å². The highest BCUT2D eigenvalue weighted by Crippen LogP contribution is 2.15. The van der Waals surface area contributed by atoms with Crippen molar-refractivity contribution in [1.82, 2.24) is 20.1 Å². The molecule has 0 spiro atoms. The number of pyridine rings is 1. The summed E-state index contributed by atoms with van der Waals surface area (Å²) in [6, 6.07) is 7.57. The average molecular weight is 288 g/mol. The third kappa shape index (κ3) is 4.30. The maximum atomic E-state index is 11.6. The number of carbonyl (C=O) groups is 1. The molecule has 0 atom stereocenters. The van der Waals surface area contributed by atoms with Crippen molar-refractivity contribution in [1.29, 1.82) is 0 Å². The summed E-state index contributed by atoms with van der Waals surface area (Å²) in [4.78, 5) is 16.1. The second-order valence-corrected chi connectivity index (χ2v) is 5.71. The zero-order chi connectivity index (χ0) is 15.5. The van der Waals surface area contributed by atoms with Crippen molar-refractivity contribution in [3.8, 4) is 11.4 Å². The van der Waals surface area contributed by atoms with Crippen molar-refractivity contribution in [3.63, 3.8) is 0 Å². The molecule has 0 radical (unpaired) electrons. The van der Waals surface area contributed by atoms with E-state index in [4.69, 9.17) is 4.74 Å². The van der Waals surface area contributed by atoms with Gasteiger partial charge in [0.05, 0.1) is 23.6 Å². The zero-order valence-corrected chi connectivity index (χ0v) is 12.8. The molecule has 0 unspecified atom stereocenters. The first-order valence-electron chi connectivity index (χ1n) is 6.76. The third-order valence-electron chi connectivity index (χ3n) is 2.70. The fourth-order valence-corrected chi connectivity index (χ4v) is 1.82. The van der Waals surface area contributed by atoms with E-state index in [9.17, 15) is 4.79 Å². The van der Waals surface area contributed by atoms with Crippen LogP contribution in [-0.4, -0.2) is 26.5 Å². The fraction of sp³-hybridized carbons (Fsp3) is 0.400. The van der Waals surface area contributed by atoms with Crippen LogP contribution in [0.5, 0.6) is 0 Å². The number of nitrogens with one attached hydrogen (secondary N) is 1. The molecule has 1 N–H and O–H groups in total. The predicted molar refractivity (Wildman–Crippen MR) is 79.5 cm³/mol. The maximum absolute atomic E-state index is 11.6. The van der Waals surface area contributed by atoms with Crippen LogP contribution in [0.25, 0.3) is 11.4 Å². The molecule has 2 rings (SSSR count). The van der Waals surface area contributed by atoms with Gasteiger partial charge < -0.3 is 10.1 Å². The second-order valence-electron chi connectivity index (χ2n) is 5.71. The second kappa shape index (κ2) is 5.95. The minimum Gasteiger partial charge on any atom is -0.444 e. The Labute approximate surface area is 124 Å². The number of nitrogens with zero attached hydrogens (tertiary/aromatic N) is 3. The van der Waals surface area contributed by atoms with E-state index in [-0.39, 0.29) is 0 Å². The van der Waals surface area contributed by atoms with Gasteiger partial charge in [-0.2, -0.15) is 5.10 Å². The number of carbonyl (C=O) groups excluding carboxylic acids is 1. The van der Waals surface area contributed by atoms with Crippen LogP contribution in [0, 0.1) is 0 Å². The van der Waals surface area contributed by atoms with Crippen LogP contribution in [0.2, 0.25) is 0 Å². The Bertz CT molecular complexity index is 629. The molecular formula is C15H20N4O2. The Morgan fingerprint density at radius 2 is 2.10 bits per heavy atom. The molecule has 0 saturated heterocycles. The number of rotatable bonds is 3. The number of alkyl carbamates (subject to hydrolysis) is 1. The van der Waals surface area contributed by atoms with E-state index in [1.807, 2.05) is 52.1 Å². The minimum absolute atomic E-state index is 0.320. The van der Waals surface area contributed by atoms with Gasteiger partial charge in [0.25, 0.3) is 0 Å². The van der Waals surface area contributed by atoms with E-state index in [2.05, 4.69) is 15.4 Å². The lowest BCUT2D eigenvalue weighted by Crippen LogP contribution is -2.32. The van der Waals surface area contributed by atoms with Crippen molar-refractivity contribution in [2.75, 3.05) is 0 Å². The van der Waals surface area contributed by atoms with Gasteiger partial charge in [-0.3, -0.25) is 4.68 Å². The average Bonchev–Trinajstić information content (AvgIpc) is 2.81. The summed E-state index contributed by atoms with van der Waals surface area (Å²) in [6.07, 6.45) is 1.28. The van der Waals surface area contributed by atoms with Gasteiger partial charge in [-0.25, -0.2) is 9.78 Å². The number of ether oxygens (including phenoxy) is 1. The summed E-state index contributed by atoms with van der Waals surface area (Å²) >= 11 is 0.